The lowest BCUT2D eigenvalue weighted by molar-refractivity contribution is -0.241. The summed E-state index contributed by atoms with van der Waals surface area (Å²) in [6.45, 7) is 7.22. The second-order valence-corrected chi connectivity index (χ2v) is 9.26. The van der Waals surface area contributed by atoms with Crippen LogP contribution < -0.4 is 4.89 Å². The molecule has 2 aromatic carbocycles. The molecule has 0 spiro atoms. The summed E-state index contributed by atoms with van der Waals surface area (Å²) in [5.41, 5.74) is 0. The van der Waals surface area contributed by atoms with E-state index >= 15 is 0 Å². The van der Waals surface area contributed by atoms with Crippen molar-refractivity contribution in [1.29, 1.82) is 0 Å². The Morgan fingerprint density at radius 3 is 2.52 bits per heavy atom. The molecule has 3 aliphatic rings. The predicted octanol–water partition coefficient (Wildman–Crippen LogP) is 3.09. The Bertz CT molecular complexity index is 1020. The van der Waals surface area contributed by atoms with Crippen LogP contribution in [0.1, 0.15) is 27.7 Å². The average molecular weight is 460 g/mol. The molecule has 0 N–H and O–H groups in total. The van der Waals surface area contributed by atoms with Gasteiger partial charge in [-0.2, -0.15) is 0 Å². The van der Waals surface area contributed by atoms with Gasteiger partial charge in [-0.15, -0.1) is 0 Å². The van der Waals surface area contributed by atoms with Crippen LogP contribution in [0, 0.1) is 0 Å². The number of benzene rings is 2. The fourth-order valence-corrected chi connectivity index (χ4v) is 4.37. The molecule has 5 rings (SSSR count). The standard InChI is InChI=1S/C24H28O9/c1-23(2)27-12-17(29-23)19-20(21-22(28-19)31-24(3,4)30-21)26-13-18(25)33-32-16-10-9-14-7-5-6-8-15(14)11-16/h5-11,17,19-22H,12-13H2,1-4H3/t17-,19-,20+,21-,22-/m1/s1. The second-order valence-electron chi connectivity index (χ2n) is 9.26. The monoisotopic (exact) mass is 460 g/mol. The third kappa shape index (κ3) is 4.84. The summed E-state index contributed by atoms with van der Waals surface area (Å²) in [5.74, 6) is -1.83. The molecule has 0 aromatic heterocycles. The summed E-state index contributed by atoms with van der Waals surface area (Å²) in [6, 6.07) is 13.2. The Labute approximate surface area is 191 Å². The first kappa shape index (κ1) is 22.5. The highest BCUT2D eigenvalue weighted by Gasteiger charge is 2.59. The van der Waals surface area contributed by atoms with E-state index in [4.69, 9.17) is 38.2 Å². The average Bonchev–Trinajstić information content (AvgIpc) is 3.39. The van der Waals surface area contributed by atoms with Gasteiger partial charge in [-0.05, 0) is 50.6 Å². The van der Waals surface area contributed by atoms with Crippen molar-refractivity contribution in [3.05, 3.63) is 42.5 Å². The van der Waals surface area contributed by atoms with E-state index in [1.54, 1.807) is 26.0 Å². The molecule has 9 heteroatoms. The summed E-state index contributed by atoms with van der Waals surface area (Å²) in [4.78, 5) is 22.5. The molecule has 0 radical (unpaired) electrons. The molecule has 0 bridgehead atoms. The highest BCUT2D eigenvalue weighted by atomic mass is 17.2. The Balaban J connectivity index is 1.20. The summed E-state index contributed by atoms with van der Waals surface area (Å²) in [6.07, 6.45) is -2.70. The molecule has 0 saturated carbocycles. The summed E-state index contributed by atoms with van der Waals surface area (Å²) >= 11 is 0. The van der Waals surface area contributed by atoms with Gasteiger partial charge >= 0.3 is 5.97 Å². The molecule has 0 aliphatic carbocycles. The molecular formula is C24H28O9. The van der Waals surface area contributed by atoms with Crippen molar-refractivity contribution in [1.82, 2.24) is 0 Å². The number of fused-ring (bicyclic) bond motifs is 2. The van der Waals surface area contributed by atoms with Gasteiger partial charge in [0.05, 0.1) is 6.61 Å². The van der Waals surface area contributed by atoms with Crippen LogP contribution in [-0.2, 0) is 38.1 Å². The van der Waals surface area contributed by atoms with Gasteiger partial charge in [-0.3, -0.25) is 4.89 Å². The number of rotatable bonds is 6. The normalized spacial score (nSPS) is 32.1. The van der Waals surface area contributed by atoms with Crippen LogP contribution in [0.25, 0.3) is 10.8 Å². The lowest BCUT2D eigenvalue weighted by atomic mass is 10.1. The molecular weight excluding hydrogens is 432 g/mol. The first-order chi connectivity index (χ1) is 15.7. The Hall–Kier alpha value is -2.27. The fraction of sp³-hybridized carbons (Fsp3) is 0.542. The highest BCUT2D eigenvalue weighted by molar-refractivity contribution is 5.83. The summed E-state index contributed by atoms with van der Waals surface area (Å²) < 4.78 is 35.4. The topological polar surface area (TPSA) is 90.9 Å². The third-order valence-corrected chi connectivity index (χ3v) is 5.77. The molecule has 0 amide bonds. The van der Waals surface area contributed by atoms with E-state index < -0.39 is 48.2 Å². The first-order valence-electron chi connectivity index (χ1n) is 11.0. The van der Waals surface area contributed by atoms with Crippen molar-refractivity contribution < 1.29 is 43.0 Å². The van der Waals surface area contributed by atoms with Gasteiger partial charge in [0.25, 0.3) is 0 Å². The highest BCUT2D eigenvalue weighted by Crippen LogP contribution is 2.41. The molecule has 3 heterocycles. The predicted molar refractivity (Wildman–Crippen MR) is 114 cm³/mol. The quantitative estimate of drug-likeness (QED) is 0.476. The second kappa shape index (κ2) is 8.50. The lowest BCUT2D eigenvalue weighted by Crippen LogP contribution is -2.45. The minimum absolute atomic E-state index is 0.329. The van der Waals surface area contributed by atoms with Crippen molar-refractivity contribution in [3.63, 3.8) is 0 Å². The number of carbonyl (C=O) groups excluding carboxylic acids is 1. The maximum Gasteiger partial charge on any atom is 0.380 e. The van der Waals surface area contributed by atoms with Crippen LogP contribution in [0.15, 0.2) is 42.5 Å². The zero-order valence-electron chi connectivity index (χ0n) is 19.0. The van der Waals surface area contributed by atoms with Gasteiger partial charge in [-0.25, -0.2) is 9.68 Å². The van der Waals surface area contributed by atoms with E-state index in [1.165, 1.54) is 0 Å². The van der Waals surface area contributed by atoms with Gasteiger partial charge < -0.3 is 28.4 Å². The molecule has 2 aromatic rings. The van der Waals surface area contributed by atoms with E-state index in [2.05, 4.69) is 0 Å². The van der Waals surface area contributed by atoms with Gasteiger partial charge in [0, 0.05) is 0 Å². The van der Waals surface area contributed by atoms with Crippen molar-refractivity contribution >= 4 is 16.7 Å². The molecule has 0 unspecified atom stereocenters. The molecule has 178 valence electrons. The van der Waals surface area contributed by atoms with Gasteiger partial charge in [-0.1, -0.05) is 30.3 Å². The Morgan fingerprint density at radius 1 is 0.970 bits per heavy atom. The number of ether oxygens (including phenoxy) is 6. The summed E-state index contributed by atoms with van der Waals surface area (Å²) in [5, 5.41) is 2.03. The molecule has 5 atom stereocenters. The van der Waals surface area contributed by atoms with E-state index in [0.29, 0.717) is 12.4 Å². The number of hydrogen-bond acceptors (Lipinski definition) is 9. The van der Waals surface area contributed by atoms with Gasteiger partial charge in [0.15, 0.2) is 23.6 Å². The van der Waals surface area contributed by atoms with E-state index in [0.717, 1.165) is 10.8 Å². The lowest BCUT2D eigenvalue weighted by Gasteiger charge is -2.28. The SMILES string of the molecule is CC1(C)O[C@H]2O[C@H]([C@H]3COC(C)(C)O3)[C@H](OCC(=O)OOc3ccc4ccccc4c3)[C@H]2O1. The van der Waals surface area contributed by atoms with E-state index in [-0.39, 0.29) is 6.61 Å². The Kier molecular flexibility index (Phi) is 5.80. The number of hydrogen-bond donors (Lipinski definition) is 0. The summed E-state index contributed by atoms with van der Waals surface area (Å²) in [7, 11) is 0. The minimum atomic E-state index is -0.825. The molecule has 3 aliphatic heterocycles. The molecule has 9 nitrogen and oxygen atoms in total. The smallest absolute Gasteiger partial charge is 0.361 e. The van der Waals surface area contributed by atoms with Crippen molar-refractivity contribution in [2.24, 2.45) is 0 Å². The first-order valence-corrected chi connectivity index (χ1v) is 11.0. The zero-order valence-corrected chi connectivity index (χ0v) is 19.0. The van der Waals surface area contributed by atoms with Crippen molar-refractivity contribution in [2.45, 2.75) is 70.0 Å². The fourth-order valence-electron chi connectivity index (χ4n) is 4.37. The van der Waals surface area contributed by atoms with Crippen LogP contribution in [-0.4, -0.2) is 61.5 Å². The number of carbonyl (C=O) groups is 1. The molecule has 33 heavy (non-hydrogen) atoms. The van der Waals surface area contributed by atoms with E-state index in [1.807, 2.05) is 44.2 Å². The van der Waals surface area contributed by atoms with Crippen LogP contribution in [0.2, 0.25) is 0 Å². The van der Waals surface area contributed by atoms with E-state index in [9.17, 15) is 4.79 Å². The van der Waals surface area contributed by atoms with Gasteiger partial charge in [0.1, 0.15) is 31.0 Å². The zero-order chi connectivity index (χ0) is 23.2. The minimum Gasteiger partial charge on any atom is -0.361 e. The largest absolute Gasteiger partial charge is 0.380 e. The van der Waals surface area contributed by atoms with Crippen molar-refractivity contribution in [3.8, 4) is 5.75 Å². The van der Waals surface area contributed by atoms with Gasteiger partial charge in [0.2, 0.25) is 0 Å². The maximum absolute atomic E-state index is 12.3. The van der Waals surface area contributed by atoms with Crippen LogP contribution >= 0.6 is 0 Å². The third-order valence-electron chi connectivity index (χ3n) is 5.77. The maximum atomic E-state index is 12.3. The van der Waals surface area contributed by atoms with Crippen LogP contribution in [0.3, 0.4) is 0 Å². The molecule has 3 saturated heterocycles. The van der Waals surface area contributed by atoms with Crippen LogP contribution in [0.5, 0.6) is 5.75 Å². The van der Waals surface area contributed by atoms with Crippen LogP contribution in [0.4, 0.5) is 0 Å². The Morgan fingerprint density at radius 2 is 1.76 bits per heavy atom. The molecule has 3 fully saturated rings. The van der Waals surface area contributed by atoms with Crippen molar-refractivity contribution in [2.75, 3.05) is 13.2 Å².